The average Bonchev–Trinajstić information content (AvgIpc) is 3.74. The van der Waals surface area contributed by atoms with E-state index in [-0.39, 0.29) is 0 Å². The largest absolute Gasteiger partial charge is 0.456 e. The molecule has 0 saturated carbocycles. The van der Waals surface area contributed by atoms with E-state index in [9.17, 15) is 0 Å². The van der Waals surface area contributed by atoms with E-state index in [4.69, 9.17) is 18.8 Å². The zero-order valence-electron chi connectivity index (χ0n) is 24.7. The summed E-state index contributed by atoms with van der Waals surface area (Å²) in [5.41, 5.74) is 10.4. The van der Waals surface area contributed by atoms with Crippen molar-refractivity contribution in [3.8, 4) is 56.4 Å². The Labute approximate surface area is 265 Å². The number of hydrogen-bond acceptors (Lipinski definition) is 4. The van der Waals surface area contributed by atoms with Gasteiger partial charge in [-0.15, -0.1) is 0 Å². The third-order valence-corrected chi connectivity index (χ3v) is 8.55. The molecule has 0 aliphatic carbocycles. The van der Waals surface area contributed by atoms with Crippen molar-refractivity contribution >= 4 is 32.9 Å². The first kappa shape index (κ1) is 26.2. The molecule has 0 atom stereocenters. The molecule has 216 valence electrons. The van der Waals surface area contributed by atoms with Crippen LogP contribution in [0.15, 0.2) is 167 Å². The first-order valence-electron chi connectivity index (χ1n) is 15.3. The Bertz CT molecular complexity index is 2470. The molecule has 3 aromatic heterocycles. The third kappa shape index (κ3) is 4.56. The molecule has 0 aliphatic heterocycles. The number of hydrogen-bond donors (Lipinski definition) is 0. The van der Waals surface area contributed by atoms with Crippen LogP contribution in [-0.2, 0) is 0 Å². The summed E-state index contributed by atoms with van der Waals surface area (Å²) >= 11 is 0. The number of aromatic nitrogens is 2. The Morgan fingerprint density at radius 1 is 0.391 bits per heavy atom. The van der Waals surface area contributed by atoms with Crippen LogP contribution >= 0.6 is 0 Å². The van der Waals surface area contributed by atoms with Gasteiger partial charge in [-0.3, -0.25) is 0 Å². The summed E-state index contributed by atoms with van der Waals surface area (Å²) in [6.45, 7) is 0. The second kappa shape index (κ2) is 10.7. The standard InChI is InChI=1S/C42H26N2O2/c1-2-9-27(10-3-1)28-17-19-29(20-18-28)36-26-37(30-21-23-31(24-22-30)40-25-32-11-4-6-15-38(32)45-40)44-42(43-36)35-14-8-13-34-33-12-5-7-16-39(33)46-41(34)35/h1-26H. The summed E-state index contributed by atoms with van der Waals surface area (Å²) in [6, 6.07) is 53.8. The van der Waals surface area contributed by atoms with E-state index in [2.05, 4.69) is 103 Å². The normalized spacial score (nSPS) is 11.5. The van der Waals surface area contributed by atoms with E-state index >= 15 is 0 Å². The molecule has 0 aliphatic rings. The van der Waals surface area contributed by atoms with Gasteiger partial charge in [-0.2, -0.15) is 0 Å². The molecule has 0 radical (unpaired) electrons. The molecule has 0 fully saturated rings. The van der Waals surface area contributed by atoms with E-state index in [1.165, 1.54) is 5.56 Å². The van der Waals surface area contributed by atoms with Crippen LogP contribution in [0.3, 0.4) is 0 Å². The van der Waals surface area contributed by atoms with Crippen LogP contribution in [0.5, 0.6) is 0 Å². The summed E-state index contributed by atoms with van der Waals surface area (Å²) in [6.07, 6.45) is 0. The van der Waals surface area contributed by atoms with Gasteiger partial charge >= 0.3 is 0 Å². The van der Waals surface area contributed by atoms with E-state index in [0.717, 1.165) is 77.9 Å². The lowest BCUT2D eigenvalue weighted by atomic mass is 10.0. The van der Waals surface area contributed by atoms with Gasteiger partial charge in [0.25, 0.3) is 0 Å². The number of para-hydroxylation sites is 3. The molecule has 4 heteroatoms. The Kier molecular flexibility index (Phi) is 6.10. The Morgan fingerprint density at radius 2 is 0.978 bits per heavy atom. The van der Waals surface area contributed by atoms with Crippen molar-refractivity contribution in [2.24, 2.45) is 0 Å². The molecule has 0 spiro atoms. The number of fused-ring (bicyclic) bond motifs is 4. The number of furan rings is 2. The molecular weight excluding hydrogens is 564 g/mol. The summed E-state index contributed by atoms with van der Waals surface area (Å²) in [5.74, 6) is 1.46. The van der Waals surface area contributed by atoms with E-state index in [0.29, 0.717) is 5.82 Å². The van der Waals surface area contributed by atoms with Gasteiger partial charge in [-0.1, -0.05) is 127 Å². The smallest absolute Gasteiger partial charge is 0.164 e. The number of benzene rings is 6. The highest BCUT2D eigenvalue weighted by Gasteiger charge is 2.17. The van der Waals surface area contributed by atoms with E-state index < -0.39 is 0 Å². The molecule has 0 unspecified atom stereocenters. The monoisotopic (exact) mass is 590 g/mol. The third-order valence-electron chi connectivity index (χ3n) is 8.55. The second-order valence-electron chi connectivity index (χ2n) is 11.4. The quantitative estimate of drug-likeness (QED) is 0.200. The molecule has 9 aromatic rings. The van der Waals surface area contributed by atoms with Crippen LogP contribution in [0, 0.1) is 0 Å². The lowest BCUT2D eigenvalue weighted by Crippen LogP contribution is -1.96. The predicted octanol–water partition coefficient (Wildman–Crippen LogP) is 11.5. The van der Waals surface area contributed by atoms with Gasteiger partial charge in [0, 0.05) is 32.8 Å². The minimum Gasteiger partial charge on any atom is -0.456 e. The Morgan fingerprint density at radius 3 is 1.72 bits per heavy atom. The highest BCUT2D eigenvalue weighted by Crippen LogP contribution is 2.37. The molecular formula is C42H26N2O2. The van der Waals surface area contributed by atoms with Crippen molar-refractivity contribution < 1.29 is 8.83 Å². The molecule has 3 heterocycles. The van der Waals surface area contributed by atoms with Crippen molar-refractivity contribution in [3.63, 3.8) is 0 Å². The average molecular weight is 591 g/mol. The van der Waals surface area contributed by atoms with Crippen molar-refractivity contribution in [3.05, 3.63) is 158 Å². The van der Waals surface area contributed by atoms with E-state index in [1.807, 2.05) is 54.6 Å². The van der Waals surface area contributed by atoms with Crippen molar-refractivity contribution in [2.45, 2.75) is 0 Å². The highest BCUT2D eigenvalue weighted by atomic mass is 16.3. The fourth-order valence-corrected chi connectivity index (χ4v) is 6.18. The fourth-order valence-electron chi connectivity index (χ4n) is 6.18. The van der Waals surface area contributed by atoms with Crippen molar-refractivity contribution in [2.75, 3.05) is 0 Å². The van der Waals surface area contributed by atoms with Crippen LogP contribution in [0.4, 0.5) is 0 Å². The first-order valence-corrected chi connectivity index (χ1v) is 15.3. The lowest BCUT2D eigenvalue weighted by Gasteiger charge is -2.11. The summed E-state index contributed by atoms with van der Waals surface area (Å²) < 4.78 is 12.5. The molecule has 0 bridgehead atoms. The lowest BCUT2D eigenvalue weighted by molar-refractivity contribution is 0.631. The minimum absolute atomic E-state index is 0.616. The van der Waals surface area contributed by atoms with Crippen LogP contribution in [-0.4, -0.2) is 9.97 Å². The van der Waals surface area contributed by atoms with Gasteiger partial charge in [-0.05, 0) is 41.5 Å². The minimum atomic E-state index is 0.616. The molecule has 9 rings (SSSR count). The summed E-state index contributed by atoms with van der Waals surface area (Å²) in [7, 11) is 0. The zero-order valence-corrected chi connectivity index (χ0v) is 24.7. The van der Waals surface area contributed by atoms with Gasteiger partial charge in [0.05, 0.1) is 17.0 Å². The Balaban J connectivity index is 1.18. The van der Waals surface area contributed by atoms with Crippen LogP contribution in [0.2, 0.25) is 0 Å². The van der Waals surface area contributed by atoms with Gasteiger partial charge in [-0.25, -0.2) is 9.97 Å². The maximum atomic E-state index is 6.39. The van der Waals surface area contributed by atoms with Gasteiger partial charge in [0.2, 0.25) is 0 Å². The molecule has 0 amide bonds. The fraction of sp³-hybridized carbons (Fsp3) is 0. The molecule has 6 aromatic carbocycles. The summed E-state index contributed by atoms with van der Waals surface area (Å²) in [4.78, 5) is 10.3. The second-order valence-corrected chi connectivity index (χ2v) is 11.4. The molecule has 0 N–H and O–H groups in total. The zero-order chi connectivity index (χ0) is 30.5. The Hall–Kier alpha value is -6.26. The van der Waals surface area contributed by atoms with Crippen molar-refractivity contribution in [1.29, 1.82) is 0 Å². The molecule has 4 nitrogen and oxygen atoms in total. The number of nitrogens with zero attached hydrogens (tertiary/aromatic N) is 2. The molecule has 0 saturated heterocycles. The topological polar surface area (TPSA) is 52.1 Å². The van der Waals surface area contributed by atoms with Gasteiger partial charge in [0.1, 0.15) is 22.5 Å². The summed E-state index contributed by atoms with van der Waals surface area (Å²) in [5, 5.41) is 3.21. The SMILES string of the molecule is c1ccc(-c2ccc(-c3cc(-c4ccc(-c5cc6ccccc6o5)cc4)nc(-c4cccc5c4oc4ccccc45)n3)cc2)cc1. The van der Waals surface area contributed by atoms with Crippen molar-refractivity contribution in [1.82, 2.24) is 9.97 Å². The maximum Gasteiger partial charge on any atom is 0.164 e. The molecule has 46 heavy (non-hydrogen) atoms. The van der Waals surface area contributed by atoms with Crippen LogP contribution < -0.4 is 0 Å². The van der Waals surface area contributed by atoms with E-state index in [1.54, 1.807) is 0 Å². The van der Waals surface area contributed by atoms with Crippen LogP contribution in [0.1, 0.15) is 0 Å². The highest BCUT2D eigenvalue weighted by molar-refractivity contribution is 6.09. The van der Waals surface area contributed by atoms with Gasteiger partial charge < -0.3 is 8.83 Å². The van der Waals surface area contributed by atoms with Gasteiger partial charge in [0.15, 0.2) is 5.82 Å². The van der Waals surface area contributed by atoms with Crippen LogP contribution in [0.25, 0.3) is 89.3 Å². The predicted molar refractivity (Wildman–Crippen MR) is 186 cm³/mol. The number of rotatable bonds is 5. The maximum absolute atomic E-state index is 6.39. The first-order chi connectivity index (χ1) is 22.8.